The van der Waals surface area contributed by atoms with Gasteiger partial charge in [0, 0.05) is 12.0 Å². The number of carbonyl (C=O) groups is 1. The molecule has 1 heterocycles. The Morgan fingerprint density at radius 1 is 1.13 bits per heavy atom. The van der Waals surface area contributed by atoms with Gasteiger partial charge in [0.15, 0.2) is 0 Å². The van der Waals surface area contributed by atoms with E-state index in [0.717, 1.165) is 12.8 Å². The Kier molecular flexibility index (Phi) is 7.39. The quantitative estimate of drug-likeness (QED) is 0.297. The molecule has 3 aromatic rings. The van der Waals surface area contributed by atoms with Gasteiger partial charge in [-0.1, -0.05) is 29.8 Å². The molecule has 0 spiro atoms. The Hall–Kier alpha value is -3.43. The molecule has 1 N–H and O–H groups in total. The summed E-state index contributed by atoms with van der Waals surface area (Å²) in [4.78, 5) is 11.1. The minimum Gasteiger partial charge on any atom is -0.486 e. The number of halogens is 3. The third kappa shape index (κ3) is 5.65. The fraction of sp³-hybridized carbons (Fsp3) is 0.276. The number of benzene rings is 3. The summed E-state index contributed by atoms with van der Waals surface area (Å²) in [7, 11) is -4.17. The van der Waals surface area contributed by atoms with Crippen molar-refractivity contribution >= 4 is 44.9 Å². The lowest BCUT2D eigenvalue weighted by atomic mass is 10.0. The van der Waals surface area contributed by atoms with Crippen molar-refractivity contribution in [2.45, 2.75) is 49.5 Å². The van der Waals surface area contributed by atoms with Crippen molar-refractivity contribution in [1.29, 1.82) is 0 Å². The number of carboxylic acid groups (broad SMARTS) is 1. The molecule has 0 saturated heterocycles. The first kappa shape index (κ1) is 27.1. The highest BCUT2D eigenvalue weighted by Gasteiger charge is 2.36. The summed E-state index contributed by atoms with van der Waals surface area (Å²) in [6.45, 7) is 1.58. The van der Waals surface area contributed by atoms with Crippen LogP contribution < -0.4 is 9.04 Å². The van der Waals surface area contributed by atoms with Gasteiger partial charge >= 0.3 is 5.97 Å². The van der Waals surface area contributed by atoms with Crippen molar-refractivity contribution in [3.63, 3.8) is 0 Å². The van der Waals surface area contributed by atoms with Crippen molar-refractivity contribution in [2.24, 2.45) is 0 Å². The summed E-state index contributed by atoms with van der Waals surface area (Å²) in [6.07, 6.45) is 2.50. The Bertz CT molecular complexity index is 1570. The summed E-state index contributed by atoms with van der Waals surface area (Å²) in [6, 6.07) is 13.1. The predicted octanol–water partition coefficient (Wildman–Crippen LogP) is 6.88. The van der Waals surface area contributed by atoms with Crippen molar-refractivity contribution < 1.29 is 31.8 Å². The molecular formula is C29H26ClF2NO5S. The van der Waals surface area contributed by atoms with Gasteiger partial charge in [0.2, 0.25) is 0 Å². The summed E-state index contributed by atoms with van der Waals surface area (Å²) in [5, 5.41) is 9.39. The summed E-state index contributed by atoms with van der Waals surface area (Å²) in [5.74, 6) is -1.67. The number of aliphatic carboxylic acids is 1. The number of allylic oxidation sites excluding steroid dienone is 1. The van der Waals surface area contributed by atoms with Gasteiger partial charge in [-0.2, -0.15) is 0 Å². The second-order valence-corrected chi connectivity index (χ2v) is 12.1. The predicted molar refractivity (Wildman–Crippen MR) is 146 cm³/mol. The van der Waals surface area contributed by atoms with Gasteiger partial charge in [0.25, 0.3) is 10.0 Å². The molecule has 0 bridgehead atoms. The van der Waals surface area contributed by atoms with Gasteiger partial charge in [0.1, 0.15) is 23.5 Å². The van der Waals surface area contributed by atoms with Gasteiger partial charge in [-0.05, 0) is 91.3 Å². The summed E-state index contributed by atoms with van der Waals surface area (Å²) < 4.78 is 63.9. The van der Waals surface area contributed by atoms with Crippen LogP contribution in [0.1, 0.15) is 55.2 Å². The highest BCUT2D eigenvalue weighted by atomic mass is 35.5. The number of hydrogen-bond acceptors (Lipinski definition) is 4. The summed E-state index contributed by atoms with van der Waals surface area (Å²) >= 11 is 6.22. The van der Waals surface area contributed by atoms with Crippen LogP contribution in [-0.4, -0.2) is 32.1 Å². The largest absolute Gasteiger partial charge is 0.486 e. The molecule has 10 heteroatoms. The van der Waals surface area contributed by atoms with Crippen molar-refractivity contribution in [3.05, 3.63) is 87.9 Å². The standard InChI is InChI=1S/C29H26ClF2NO5S/c1-17(29-23(30)3-2-4-25(29)32)13-18-5-11-27-26(14-18)33(16-20(38-27)8-12-28(34)35)39(36,37)21-9-10-24(31)22(15-21)19-6-7-19/h2-5,9-11,13-15,19-20H,6-8,12,16H2,1H3,(H,34,35)/b17-13+/t20-/m0/s1. The first-order valence-electron chi connectivity index (χ1n) is 12.5. The minimum atomic E-state index is -4.17. The van der Waals surface area contributed by atoms with E-state index in [2.05, 4.69) is 0 Å². The van der Waals surface area contributed by atoms with E-state index in [0.29, 0.717) is 16.7 Å². The molecule has 5 rings (SSSR count). The molecule has 0 unspecified atom stereocenters. The minimum absolute atomic E-state index is 0.00496. The van der Waals surface area contributed by atoms with Crippen LogP contribution in [0.5, 0.6) is 5.75 Å². The maximum atomic E-state index is 14.5. The Balaban J connectivity index is 1.57. The Morgan fingerprint density at radius 3 is 2.59 bits per heavy atom. The van der Waals surface area contributed by atoms with Crippen LogP contribution in [0.2, 0.25) is 5.02 Å². The van der Waals surface area contributed by atoms with Crippen molar-refractivity contribution in [1.82, 2.24) is 0 Å². The SMILES string of the molecule is C/C(=C\c1ccc2c(c1)N(S(=O)(=O)c1ccc(F)c(C3CC3)c1)C[C@H](CCC(=O)O)O2)c1c(F)cccc1Cl. The van der Waals surface area contributed by atoms with E-state index < -0.39 is 33.7 Å². The van der Waals surface area contributed by atoms with E-state index >= 15 is 0 Å². The third-order valence-corrected chi connectivity index (χ3v) is 9.00. The average Bonchev–Trinajstić information content (AvgIpc) is 3.72. The number of rotatable bonds is 8. The molecule has 204 valence electrons. The van der Waals surface area contributed by atoms with Gasteiger partial charge in [0.05, 0.1) is 22.2 Å². The lowest BCUT2D eigenvalue weighted by molar-refractivity contribution is -0.137. The monoisotopic (exact) mass is 573 g/mol. The van der Waals surface area contributed by atoms with Gasteiger partial charge in [-0.15, -0.1) is 0 Å². The molecule has 39 heavy (non-hydrogen) atoms. The molecule has 6 nitrogen and oxygen atoms in total. The zero-order valence-electron chi connectivity index (χ0n) is 21.0. The molecule has 1 saturated carbocycles. The topological polar surface area (TPSA) is 83.9 Å². The van der Waals surface area contributed by atoms with E-state index in [1.165, 1.54) is 34.6 Å². The maximum Gasteiger partial charge on any atom is 0.303 e. The number of carboxylic acids is 1. The number of ether oxygens (including phenoxy) is 1. The van der Waals surface area contributed by atoms with Crippen LogP contribution in [0.4, 0.5) is 14.5 Å². The molecule has 2 aliphatic rings. The fourth-order valence-electron chi connectivity index (χ4n) is 4.79. The van der Waals surface area contributed by atoms with Crippen LogP contribution in [0.3, 0.4) is 0 Å². The van der Waals surface area contributed by atoms with Crippen LogP contribution in [0, 0.1) is 11.6 Å². The van der Waals surface area contributed by atoms with E-state index in [9.17, 15) is 22.0 Å². The molecule has 1 fully saturated rings. The highest BCUT2D eigenvalue weighted by Crippen LogP contribution is 2.43. The first-order chi connectivity index (χ1) is 18.5. The normalized spacial score (nSPS) is 17.5. The van der Waals surface area contributed by atoms with Crippen LogP contribution >= 0.6 is 11.6 Å². The zero-order valence-corrected chi connectivity index (χ0v) is 22.6. The number of nitrogens with zero attached hydrogens (tertiary/aromatic N) is 1. The fourth-order valence-corrected chi connectivity index (χ4v) is 6.64. The smallest absolute Gasteiger partial charge is 0.303 e. The number of anilines is 1. The third-order valence-electron chi connectivity index (χ3n) is 6.91. The average molecular weight is 574 g/mol. The van der Waals surface area contributed by atoms with Gasteiger partial charge in [-0.3, -0.25) is 9.10 Å². The molecule has 1 atom stereocenters. The van der Waals surface area contributed by atoms with E-state index in [1.54, 1.807) is 37.3 Å². The van der Waals surface area contributed by atoms with E-state index in [-0.39, 0.29) is 52.2 Å². The second-order valence-electron chi connectivity index (χ2n) is 9.82. The molecule has 0 amide bonds. The van der Waals surface area contributed by atoms with Crippen LogP contribution in [-0.2, 0) is 14.8 Å². The lowest BCUT2D eigenvalue weighted by Crippen LogP contribution is -2.43. The number of sulfonamides is 1. The molecule has 0 aromatic heterocycles. The van der Waals surface area contributed by atoms with E-state index in [4.69, 9.17) is 21.4 Å². The Labute approximate surface area is 230 Å². The molecule has 3 aromatic carbocycles. The molecular weight excluding hydrogens is 548 g/mol. The Morgan fingerprint density at radius 2 is 1.90 bits per heavy atom. The van der Waals surface area contributed by atoms with Crippen LogP contribution in [0.15, 0.2) is 59.5 Å². The van der Waals surface area contributed by atoms with Crippen molar-refractivity contribution in [2.75, 3.05) is 10.8 Å². The number of hydrogen-bond donors (Lipinski definition) is 1. The maximum absolute atomic E-state index is 14.5. The van der Waals surface area contributed by atoms with Crippen molar-refractivity contribution in [3.8, 4) is 5.75 Å². The van der Waals surface area contributed by atoms with Gasteiger partial charge < -0.3 is 9.84 Å². The van der Waals surface area contributed by atoms with Gasteiger partial charge in [-0.25, -0.2) is 17.2 Å². The summed E-state index contributed by atoms with van der Waals surface area (Å²) in [5.41, 5.74) is 1.98. The lowest BCUT2D eigenvalue weighted by Gasteiger charge is -2.35. The molecule has 1 aliphatic carbocycles. The van der Waals surface area contributed by atoms with Crippen LogP contribution in [0.25, 0.3) is 11.6 Å². The first-order valence-corrected chi connectivity index (χ1v) is 14.3. The van der Waals surface area contributed by atoms with E-state index in [1.807, 2.05) is 0 Å². The molecule has 0 radical (unpaired) electrons. The molecule has 1 aliphatic heterocycles. The zero-order chi connectivity index (χ0) is 27.9. The highest BCUT2D eigenvalue weighted by molar-refractivity contribution is 7.92. The second kappa shape index (κ2) is 10.6. The number of fused-ring (bicyclic) bond motifs is 1.